The summed E-state index contributed by atoms with van der Waals surface area (Å²) in [7, 11) is 0. The highest BCUT2D eigenvalue weighted by Crippen LogP contribution is 2.42. The summed E-state index contributed by atoms with van der Waals surface area (Å²) in [6, 6.07) is 29.7. The lowest BCUT2D eigenvalue weighted by Crippen LogP contribution is -2.04. The molecule has 114 valence electrons. The molecule has 0 aliphatic carbocycles. The first-order chi connectivity index (χ1) is 11.9. The molecule has 0 N–H and O–H groups in total. The molecular formula is C23H16O. The van der Waals surface area contributed by atoms with Crippen LogP contribution in [0.1, 0.15) is 11.1 Å². The molecule has 0 atom stereocenters. The first kappa shape index (κ1) is 13.4. The monoisotopic (exact) mass is 308 g/mol. The van der Waals surface area contributed by atoms with Gasteiger partial charge in [0.05, 0.1) is 0 Å². The molecule has 1 nitrogen and oxygen atoms in total. The Kier molecular flexibility index (Phi) is 2.92. The third-order valence-electron chi connectivity index (χ3n) is 4.77. The topological polar surface area (TPSA) is 9.23 Å². The number of para-hydroxylation sites is 1. The fraction of sp³-hybridized carbons (Fsp3) is 0.0435. The Morgan fingerprint density at radius 1 is 0.583 bits per heavy atom. The summed E-state index contributed by atoms with van der Waals surface area (Å²) in [5.41, 5.74) is 5.05. The van der Waals surface area contributed by atoms with Gasteiger partial charge in [0.1, 0.15) is 11.5 Å². The maximum absolute atomic E-state index is 6.15. The first-order valence-corrected chi connectivity index (χ1v) is 8.26. The molecular weight excluding hydrogens is 292 g/mol. The summed E-state index contributed by atoms with van der Waals surface area (Å²) >= 11 is 0. The summed E-state index contributed by atoms with van der Waals surface area (Å²) < 4.78 is 6.15. The molecule has 1 heteroatoms. The maximum atomic E-state index is 6.15. The van der Waals surface area contributed by atoms with Gasteiger partial charge in [-0.3, -0.25) is 0 Å². The summed E-state index contributed by atoms with van der Waals surface area (Å²) in [6.45, 7) is 0. The van der Waals surface area contributed by atoms with Gasteiger partial charge in [0.25, 0.3) is 0 Å². The second kappa shape index (κ2) is 5.24. The van der Waals surface area contributed by atoms with Crippen molar-refractivity contribution in [3.8, 4) is 22.6 Å². The highest BCUT2D eigenvalue weighted by molar-refractivity contribution is 5.97. The number of fused-ring (bicyclic) bond motifs is 3. The lowest BCUT2D eigenvalue weighted by Gasteiger charge is -2.23. The molecule has 0 saturated carbocycles. The van der Waals surface area contributed by atoms with Gasteiger partial charge in [-0.25, -0.2) is 0 Å². The second-order valence-corrected chi connectivity index (χ2v) is 6.20. The van der Waals surface area contributed by atoms with Crippen molar-refractivity contribution < 1.29 is 4.74 Å². The van der Waals surface area contributed by atoms with Crippen LogP contribution < -0.4 is 4.74 Å². The quantitative estimate of drug-likeness (QED) is 0.358. The lowest BCUT2D eigenvalue weighted by atomic mass is 9.90. The molecule has 0 unspecified atom stereocenters. The Morgan fingerprint density at radius 3 is 2.29 bits per heavy atom. The van der Waals surface area contributed by atoms with Crippen molar-refractivity contribution in [2.75, 3.05) is 0 Å². The van der Waals surface area contributed by atoms with Crippen LogP contribution in [0.4, 0.5) is 0 Å². The zero-order valence-corrected chi connectivity index (χ0v) is 13.2. The summed E-state index contributed by atoms with van der Waals surface area (Å²) in [6.07, 6.45) is 0.908. The minimum atomic E-state index is 0.908. The fourth-order valence-corrected chi connectivity index (χ4v) is 3.61. The lowest BCUT2D eigenvalue weighted by molar-refractivity contribution is 0.460. The summed E-state index contributed by atoms with van der Waals surface area (Å²) in [4.78, 5) is 0. The van der Waals surface area contributed by atoms with Crippen molar-refractivity contribution in [1.29, 1.82) is 0 Å². The van der Waals surface area contributed by atoms with Crippen molar-refractivity contribution >= 4 is 10.8 Å². The van der Waals surface area contributed by atoms with Gasteiger partial charge in [-0.05, 0) is 39.6 Å². The predicted octanol–water partition coefficient (Wildman–Crippen LogP) is 6.20. The Labute approximate surface area is 141 Å². The van der Waals surface area contributed by atoms with E-state index >= 15 is 0 Å². The van der Waals surface area contributed by atoms with E-state index in [2.05, 4.69) is 72.8 Å². The molecule has 0 radical (unpaired) electrons. The van der Waals surface area contributed by atoms with E-state index < -0.39 is 0 Å². The number of rotatable bonds is 1. The Morgan fingerprint density at radius 2 is 1.29 bits per heavy atom. The molecule has 0 bridgehead atoms. The summed E-state index contributed by atoms with van der Waals surface area (Å²) in [5.74, 6) is 1.94. The summed E-state index contributed by atoms with van der Waals surface area (Å²) in [5, 5.41) is 2.55. The third-order valence-corrected chi connectivity index (χ3v) is 4.77. The van der Waals surface area contributed by atoms with Crippen LogP contribution in [0.5, 0.6) is 11.5 Å². The van der Waals surface area contributed by atoms with Crippen molar-refractivity contribution in [2.24, 2.45) is 0 Å². The molecule has 24 heavy (non-hydrogen) atoms. The van der Waals surface area contributed by atoms with E-state index in [1.165, 1.54) is 33.0 Å². The van der Waals surface area contributed by atoms with E-state index in [1.807, 2.05) is 12.1 Å². The predicted molar refractivity (Wildman–Crippen MR) is 98.7 cm³/mol. The van der Waals surface area contributed by atoms with Crippen molar-refractivity contribution in [3.05, 3.63) is 96.1 Å². The minimum Gasteiger partial charge on any atom is -0.457 e. The molecule has 1 aliphatic rings. The number of hydrogen-bond donors (Lipinski definition) is 0. The van der Waals surface area contributed by atoms with Gasteiger partial charge in [0.2, 0.25) is 0 Å². The molecule has 0 saturated heterocycles. The molecule has 1 heterocycles. The van der Waals surface area contributed by atoms with E-state index in [4.69, 9.17) is 4.74 Å². The van der Waals surface area contributed by atoms with E-state index in [1.54, 1.807) is 0 Å². The fourth-order valence-electron chi connectivity index (χ4n) is 3.61. The van der Waals surface area contributed by atoms with Crippen LogP contribution in [0.2, 0.25) is 0 Å². The molecule has 0 fully saturated rings. The van der Waals surface area contributed by atoms with Crippen molar-refractivity contribution in [3.63, 3.8) is 0 Å². The van der Waals surface area contributed by atoms with Gasteiger partial charge < -0.3 is 4.74 Å². The average Bonchev–Trinajstić information content (AvgIpc) is 2.65. The van der Waals surface area contributed by atoms with Crippen LogP contribution in [0.3, 0.4) is 0 Å². The molecule has 4 aromatic carbocycles. The van der Waals surface area contributed by atoms with Crippen LogP contribution in [0.15, 0.2) is 84.9 Å². The second-order valence-electron chi connectivity index (χ2n) is 6.20. The van der Waals surface area contributed by atoms with Gasteiger partial charge in [-0.2, -0.15) is 0 Å². The number of ether oxygens (including phenoxy) is 1. The molecule has 5 rings (SSSR count). The van der Waals surface area contributed by atoms with Crippen molar-refractivity contribution in [1.82, 2.24) is 0 Å². The standard InChI is InChI=1S/C23H16O/c1-3-10-18-16(7-1)9-5-11-19(18)20-12-6-14-23-21(20)15-17-8-2-4-13-22(17)24-23/h1-14H,15H2. The highest BCUT2D eigenvalue weighted by Gasteiger charge is 2.20. The Hall–Kier alpha value is -3.06. The van der Waals surface area contributed by atoms with Crippen LogP contribution in [0.25, 0.3) is 21.9 Å². The Bertz CT molecular complexity index is 1060. The van der Waals surface area contributed by atoms with Gasteiger partial charge in [0, 0.05) is 12.0 Å². The maximum Gasteiger partial charge on any atom is 0.131 e. The van der Waals surface area contributed by atoms with E-state index in [0.29, 0.717) is 0 Å². The van der Waals surface area contributed by atoms with E-state index in [-0.39, 0.29) is 0 Å². The molecule has 1 aliphatic heterocycles. The first-order valence-electron chi connectivity index (χ1n) is 8.26. The normalized spacial score (nSPS) is 12.3. The van der Waals surface area contributed by atoms with Gasteiger partial charge in [-0.1, -0.05) is 72.8 Å². The molecule has 0 aromatic heterocycles. The van der Waals surface area contributed by atoms with Crippen LogP contribution in [0, 0.1) is 0 Å². The van der Waals surface area contributed by atoms with E-state index in [0.717, 1.165) is 17.9 Å². The molecule has 0 spiro atoms. The average molecular weight is 308 g/mol. The minimum absolute atomic E-state index is 0.908. The largest absolute Gasteiger partial charge is 0.457 e. The van der Waals surface area contributed by atoms with Gasteiger partial charge in [0.15, 0.2) is 0 Å². The van der Waals surface area contributed by atoms with E-state index in [9.17, 15) is 0 Å². The van der Waals surface area contributed by atoms with Crippen LogP contribution >= 0.6 is 0 Å². The molecule has 0 amide bonds. The third kappa shape index (κ3) is 2.02. The van der Waals surface area contributed by atoms with Crippen LogP contribution in [-0.4, -0.2) is 0 Å². The number of benzene rings is 4. The van der Waals surface area contributed by atoms with Gasteiger partial charge >= 0.3 is 0 Å². The zero-order chi connectivity index (χ0) is 15.9. The SMILES string of the molecule is c1ccc2c(c1)Cc1c(cccc1-c1cccc3ccccc13)O2. The Balaban J connectivity index is 1.74. The van der Waals surface area contributed by atoms with Crippen molar-refractivity contribution in [2.45, 2.75) is 6.42 Å². The molecule has 4 aromatic rings. The van der Waals surface area contributed by atoms with Crippen LogP contribution in [-0.2, 0) is 6.42 Å². The van der Waals surface area contributed by atoms with Gasteiger partial charge in [-0.15, -0.1) is 0 Å². The highest BCUT2D eigenvalue weighted by atomic mass is 16.5. The smallest absolute Gasteiger partial charge is 0.131 e. The zero-order valence-electron chi connectivity index (χ0n) is 13.2. The number of hydrogen-bond acceptors (Lipinski definition) is 1.